The number of halogens is 3. The lowest BCUT2D eigenvalue weighted by atomic mass is 10.1. The molecule has 0 spiro atoms. The molecule has 21 heavy (non-hydrogen) atoms. The summed E-state index contributed by atoms with van der Waals surface area (Å²) in [6, 6.07) is 3.44. The highest BCUT2D eigenvalue weighted by Gasteiger charge is 2.34. The molecule has 1 aromatic rings. The Kier molecular flexibility index (Phi) is 5.05. The van der Waals surface area contributed by atoms with Crippen molar-refractivity contribution in [2.45, 2.75) is 31.5 Å². The van der Waals surface area contributed by atoms with Crippen molar-refractivity contribution in [1.29, 1.82) is 0 Å². The van der Waals surface area contributed by atoms with Crippen LogP contribution < -0.4 is 10.5 Å². The number of hydrogen-bond donors (Lipinski definition) is 1. The summed E-state index contributed by atoms with van der Waals surface area (Å²) < 4.78 is 49.5. The molecule has 0 aromatic heterocycles. The van der Waals surface area contributed by atoms with Gasteiger partial charge in [0.05, 0.1) is 11.7 Å². The van der Waals surface area contributed by atoms with Gasteiger partial charge in [-0.1, -0.05) is 12.2 Å². The fourth-order valence-electron chi connectivity index (χ4n) is 2.19. The highest BCUT2D eigenvalue weighted by molar-refractivity contribution is 7.80. The van der Waals surface area contributed by atoms with Crippen LogP contribution in [0.15, 0.2) is 18.2 Å². The van der Waals surface area contributed by atoms with Gasteiger partial charge in [-0.15, -0.1) is 0 Å². The second kappa shape index (κ2) is 6.62. The van der Waals surface area contributed by atoms with Crippen LogP contribution in [0.5, 0.6) is 5.75 Å². The Morgan fingerprint density at radius 1 is 1.38 bits per heavy atom. The topological polar surface area (TPSA) is 44.5 Å². The molecule has 1 fully saturated rings. The Balaban J connectivity index is 2.10. The van der Waals surface area contributed by atoms with Gasteiger partial charge in [-0.3, -0.25) is 0 Å². The van der Waals surface area contributed by atoms with Crippen LogP contribution in [-0.2, 0) is 10.9 Å². The third kappa shape index (κ3) is 4.31. The van der Waals surface area contributed by atoms with Crippen LogP contribution in [0.4, 0.5) is 13.2 Å². The first-order valence-electron chi connectivity index (χ1n) is 6.63. The van der Waals surface area contributed by atoms with E-state index in [9.17, 15) is 13.2 Å². The molecule has 1 aliphatic rings. The Hall–Kier alpha value is -1.34. The van der Waals surface area contributed by atoms with Crippen LogP contribution in [0.2, 0.25) is 0 Å². The average Bonchev–Trinajstić information content (AvgIpc) is 2.45. The van der Waals surface area contributed by atoms with Gasteiger partial charge in [-0.2, -0.15) is 13.2 Å². The first-order valence-corrected chi connectivity index (χ1v) is 7.04. The summed E-state index contributed by atoms with van der Waals surface area (Å²) in [6.45, 7) is 1.00. The van der Waals surface area contributed by atoms with E-state index in [0.717, 1.165) is 25.3 Å². The van der Waals surface area contributed by atoms with Crippen molar-refractivity contribution in [3.05, 3.63) is 29.3 Å². The molecule has 116 valence electrons. The smallest absolute Gasteiger partial charge is 0.417 e. The maximum atomic E-state index is 12.8. The molecule has 7 heteroatoms. The highest BCUT2D eigenvalue weighted by atomic mass is 32.1. The van der Waals surface area contributed by atoms with Crippen LogP contribution in [0.25, 0.3) is 0 Å². The predicted octanol–water partition coefficient (Wildman–Crippen LogP) is 3.29. The number of nitrogens with two attached hydrogens (primary N) is 1. The predicted molar refractivity (Wildman–Crippen MR) is 76.4 cm³/mol. The summed E-state index contributed by atoms with van der Waals surface area (Å²) in [7, 11) is 0. The molecule has 0 radical (unpaired) electrons. The summed E-state index contributed by atoms with van der Waals surface area (Å²) in [5, 5.41) is 0. The molecule has 1 unspecified atom stereocenters. The van der Waals surface area contributed by atoms with E-state index in [1.54, 1.807) is 0 Å². The minimum Gasteiger partial charge on any atom is -0.491 e. The van der Waals surface area contributed by atoms with Gasteiger partial charge in [-0.05, 0) is 37.5 Å². The second-order valence-electron chi connectivity index (χ2n) is 4.87. The van der Waals surface area contributed by atoms with Crippen molar-refractivity contribution in [1.82, 2.24) is 0 Å². The molecule has 1 heterocycles. The number of alkyl halides is 3. The molecule has 2 rings (SSSR count). The minimum atomic E-state index is -4.50. The molecule has 1 aliphatic heterocycles. The summed E-state index contributed by atoms with van der Waals surface area (Å²) in [5.74, 6) is 0.306. The standard InChI is InChI=1S/C14H16F3NO2S/c15-14(16,17)12-5-4-9(7-11(12)13(18)21)20-8-10-3-1-2-6-19-10/h4-5,7,10H,1-3,6,8H2,(H2,18,21). The third-order valence-electron chi connectivity index (χ3n) is 3.27. The third-order valence-corrected chi connectivity index (χ3v) is 3.49. The molecule has 2 N–H and O–H groups in total. The lowest BCUT2D eigenvalue weighted by Gasteiger charge is -2.23. The zero-order chi connectivity index (χ0) is 15.5. The fraction of sp³-hybridized carbons (Fsp3) is 0.500. The van der Waals surface area contributed by atoms with Crippen LogP contribution >= 0.6 is 12.2 Å². The molecule has 1 saturated heterocycles. The number of ether oxygens (including phenoxy) is 2. The van der Waals surface area contributed by atoms with Gasteiger partial charge in [0.1, 0.15) is 17.3 Å². The largest absolute Gasteiger partial charge is 0.491 e. The van der Waals surface area contributed by atoms with E-state index in [4.69, 9.17) is 15.2 Å². The van der Waals surface area contributed by atoms with Crippen LogP contribution in [0.3, 0.4) is 0 Å². The van der Waals surface area contributed by atoms with E-state index in [0.29, 0.717) is 19.0 Å². The van der Waals surface area contributed by atoms with Crippen LogP contribution in [0.1, 0.15) is 30.4 Å². The van der Waals surface area contributed by atoms with Crippen LogP contribution in [0, 0.1) is 0 Å². The maximum absolute atomic E-state index is 12.8. The monoisotopic (exact) mass is 319 g/mol. The molecule has 0 saturated carbocycles. The Bertz CT molecular complexity index is 513. The fourth-order valence-corrected chi connectivity index (χ4v) is 2.36. The zero-order valence-corrected chi connectivity index (χ0v) is 12.1. The molecule has 0 bridgehead atoms. The number of rotatable bonds is 4. The Labute approximate surface area is 126 Å². The molecular weight excluding hydrogens is 303 g/mol. The van der Waals surface area contributed by atoms with E-state index in [1.165, 1.54) is 12.1 Å². The summed E-state index contributed by atoms with van der Waals surface area (Å²) in [6.07, 6.45) is -1.52. The molecule has 1 aromatic carbocycles. The van der Waals surface area contributed by atoms with Gasteiger partial charge in [0, 0.05) is 12.2 Å². The first kappa shape index (κ1) is 16.0. The van der Waals surface area contributed by atoms with E-state index in [-0.39, 0.29) is 16.7 Å². The lowest BCUT2D eigenvalue weighted by Crippen LogP contribution is -2.26. The second-order valence-corrected chi connectivity index (χ2v) is 5.31. The summed E-state index contributed by atoms with van der Waals surface area (Å²) in [5.41, 5.74) is 4.30. The zero-order valence-electron chi connectivity index (χ0n) is 11.3. The SMILES string of the molecule is NC(=S)c1cc(OCC2CCCCO2)ccc1C(F)(F)F. The van der Waals surface area contributed by atoms with Crippen LogP contribution in [-0.4, -0.2) is 24.3 Å². The molecule has 3 nitrogen and oxygen atoms in total. The van der Waals surface area contributed by atoms with Crippen molar-refractivity contribution < 1.29 is 22.6 Å². The normalized spacial score (nSPS) is 19.3. The Morgan fingerprint density at radius 3 is 2.71 bits per heavy atom. The van der Waals surface area contributed by atoms with Crippen molar-refractivity contribution in [3.63, 3.8) is 0 Å². The van der Waals surface area contributed by atoms with Gasteiger partial charge < -0.3 is 15.2 Å². The van der Waals surface area contributed by atoms with Crippen molar-refractivity contribution >= 4 is 17.2 Å². The van der Waals surface area contributed by atoms with Gasteiger partial charge in [0.25, 0.3) is 0 Å². The van der Waals surface area contributed by atoms with Gasteiger partial charge in [-0.25, -0.2) is 0 Å². The van der Waals surface area contributed by atoms with E-state index < -0.39 is 11.7 Å². The van der Waals surface area contributed by atoms with Crippen molar-refractivity contribution in [2.24, 2.45) is 5.73 Å². The van der Waals surface area contributed by atoms with Gasteiger partial charge >= 0.3 is 6.18 Å². The van der Waals surface area contributed by atoms with Gasteiger partial charge in [0.2, 0.25) is 0 Å². The highest BCUT2D eigenvalue weighted by Crippen LogP contribution is 2.34. The summed E-state index contributed by atoms with van der Waals surface area (Å²) >= 11 is 4.68. The minimum absolute atomic E-state index is 0.0191. The average molecular weight is 319 g/mol. The number of benzene rings is 1. The maximum Gasteiger partial charge on any atom is 0.417 e. The van der Waals surface area contributed by atoms with E-state index in [1.807, 2.05) is 0 Å². The first-order chi connectivity index (χ1) is 9.88. The number of thiocarbonyl (C=S) groups is 1. The molecular formula is C14H16F3NO2S. The molecule has 0 amide bonds. The van der Waals surface area contributed by atoms with E-state index >= 15 is 0 Å². The lowest BCUT2D eigenvalue weighted by molar-refractivity contribution is -0.137. The number of hydrogen-bond acceptors (Lipinski definition) is 3. The van der Waals surface area contributed by atoms with Crippen molar-refractivity contribution in [2.75, 3.05) is 13.2 Å². The Morgan fingerprint density at radius 2 is 2.14 bits per heavy atom. The van der Waals surface area contributed by atoms with Gasteiger partial charge in [0.15, 0.2) is 0 Å². The molecule has 0 aliphatic carbocycles. The molecule has 1 atom stereocenters. The quantitative estimate of drug-likeness (QED) is 0.865. The van der Waals surface area contributed by atoms with Crippen molar-refractivity contribution in [3.8, 4) is 5.75 Å². The summed E-state index contributed by atoms with van der Waals surface area (Å²) in [4.78, 5) is -0.304. The van der Waals surface area contributed by atoms with E-state index in [2.05, 4.69) is 12.2 Å².